The molecule has 1 aromatic heterocycles. The molecule has 32 heavy (non-hydrogen) atoms. The second kappa shape index (κ2) is 8.96. The van der Waals surface area contributed by atoms with Gasteiger partial charge in [0.15, 0.2) is 0 Å². The summed E-state index contributed by atoms with van der Waals surface area (Å²) in [6.07, 6.45) is 3.31. The number of pyridine rings is 1. The Morgan fingerprint density at radius 3 is 2.62 bits per heavy atom. The van der Waals surface area contributed by atoms with Crippen molar-refractivity contribution < 1.29 is 19.4 Å². The summed E-state index contributed by atoms with van der Waals surface area (Å²) in [7, 11) is 1.57. The Labute approximate surface area is 194 Å². The average molecular weight is 493 g/mol. The average Bonchev–Trinajstić information content (AvgIpc) is 3.04. The molecule has 3 aromatic rings. The molecule has 0 bridgehead atoms. The summed E-state index contributed by atoms with van der Waals surface area (Å²) in [4.78, 5) is 31.8. The maximum Gasteiger partial charge on any atom is 0.295 e. The van der Waals surface area contributed by atoms with Crippen LogP contribution in [-0.4, -0.2) is 33.8 Å². The van der Waals surface area contributed by atoms with Crippen LogP contribution in [0.1, 0.15) is 28.3 Å². The van der Waals surface area contributed by atoms with E-state index in [2.05, 4.69) is 20.9 Å². The van der Waals surface area contributed by atoms with Gasteiger partial charge in [0.05, 0.1) is 18.7 Å². The summed E-state index contributed by atoms with van der Waals surface area (Å²) in [5.41, 5.74) is 2.81. The van der Waals surface area contributed by atoms with Crippen LogP contribution < -0.4 is 4.74 Å². The maximum absolute atomic E-state index is 13.1. The van der Waals surface area contributed by atoms with Gasteiger partial charge in [-0.05, 0) is 60.0 Å². The molecule has 6 nitrogen and oxygen atoms in total. The van der Waals surface area contributed by atoms with E-state index in [0.29, 0.717) is 16.9 Å². The molecule has 4 rings (SSSR count). The number of carbonyl (C=O) groups excluding carboxylic acids is 2. The summed E-state index contributed by atoms with van der Waals surface area (Å²) in [6, 6.07) is 15.4. The van der Waals surface area contributed by atoms with E-state index in [0.717, 1.165) is 15.6 Å². The Hall–Kier alpha value is -3.45. The molecule has 1 aliphatic rings. The Balaban J connectivity index is 1.87. The summed E-state index contributed by atoms with van der Waals surface area (Å²) in [5.74, 6) is -0.926. The fourth-order valence-electron chi connectivity index (χ4n) is 3.94. The van der Waals surface area contributed by atoms with Crippen molar-refractivity contribution >= 4 is 33.4 Å². The number of benzene rings is 2. The van der Waals surface area contributed by atoms with Crippen LogP contribution in [0.2, 0.25) is 0 Å². The molecular formula is C25H21BrN2O4. The van der Waals surface area contributed by atoms with E-state index in [9.17, 15) is 14.7 Å². The number of methoxy groups -OCH3 is 1. The molecule has 2 heterocycles. The van der Waals surface area contributed by atoms with Crippen molar-refractivity contribution in [3.63, 3.8) is 0 Å². The SMILES string of the molecule is COc1ccc(/C(O)=C2\C(=O)C(=O)N(Cc3cccnc3)[C@H]2c2cccc(Br)c2)cc1C. The van der Waals surface area contributed by atoms with Crippen LogP contribution in [0, 0.1) is 6.92 Å². The lowest BCUT2D eigenvalue weighted by molar-refractivity contribution is -0.140. The molecular weight excluding hydrogens is 472 g/mol. The lowest BCUT2D eigenvalue weighted by Gasteiger charge is -2.25. The number of amides is 1. The monoisotopic (exact) mass is 492 g/mol. The van der Waals surface area contributed by atoms with Gasteiger partial charge >= 0.3 is 0 Å². The van der Waals surface area contributed by atoms with E-state index in [1.807, 2.05) is 37.3 Å². The number of rotatable bonds is 5. The first-order valence-corrected chi connectivity index (χ1v) is 10.8. The quantitative estimate of drug-likeness (QED) is 0.314. The molecule has 1 N–H and O–H groups in total. The molecule has 1 fully saturated rings. The van der Waals surface area contributed by atoms with Gasteiger partial charge in [-0.3, -0.25) is 14.6 Å². The zero-order valence-corrected chi connectivity index (χ0v) is 19.2. The largest absolute Gasteiger partial charge is 0.507 e. The van der Waals surface area contributed by atoms with E-state index >= 15 is 0 Å². The third-order valence-electron chi connectivity index (χ3n) is 5.45. The summed E-state index contributed by atoms with van der Waals surface area (Å²) in [5, 5.41) is 11.2. The number of aliphatic hydroxyl groups is 1. The fraction of sp³-hybridized carbons (Fsp3) is 0.160. The van der Waals surface area contributed by atoms with Gasteiger partial charge in [-0.15, -0.1) is 0 Å². The van der Waals surface area contributed by atoms with E-state index in [4.69, 9.17) is 4.74 Å². The van der Waals surface area contributed by atoms with Crippen molar-refractivity contribution in [2.75, 3.05) is 7.11 Å². The third kappa shape index (κ3) is 4.03. The van der Waals surface area contributed by atoms with Crippen molar-refractivity contribution in [2.45, 2.75) is 19.5 Å². The molecule has 0 saturated carbocycles. The maximum atomic E-state index is 13.1. The minimum absolute atomic E-state index is 0.0570. The zero-order valence-electron chi connectivity index (χ0n) is 17.6. The number of aromatic nitrogens is 1. The first-order valence-electron chi connectivity index (χ1n) is 9.98. The van der Waals surface area contributed by atoms with E-state index < -0.39 is 17.7 Å². The highest BCUT2D eigenvalue weighted by Gasteiger charge is 2.46. The zero-order chi connectivity index (χ0) is 22.8. The Morgan fingerprint density at radius 1 is 1.16 bits per heavy atom. The second-order valence-electron chi connectivity index (χ2n) is 7.53. The highest BCUT2D eigenvalue weighted by Crippen LogP contribution is 2.41. The summed E-state index contributed by atoms with van der Waals surface area (Å²) >= 11 is 3.46. The lowest BCUT2D eigenvalue weighted by atomic mass is 9.94. The Kier molecular flexibility index (Phi) is 6.10. The molecule has 1 aliphatic heterocycles. The molecule has 0 unspecified atom stereocenters. The predicted molar refractivity (Wildman–Crippen MR) is 124 cm³/mol. The predicted octanol–water partition coefficient (Wildman–Crippen LogP) is 4.78. The van der Waals surface area contributed by atoms with Gasteiger partial charge in [0.2, 0.25) is 0 Å². The standard InChI is InChI=1S/C25H21BrN2O4/c1-15-11-18(8-9-20(15)32-2)23(29)21-22(17-6-3-7-19(26)12-17)28(25(31)24(21)30)14-16-5-4-10-27-13-16/h3-13,22,29H,14H2,1-2H3/b23-21+/t22-/m0/s1. The van der Waals surface area contributed by atoms with Gasteiger partial charge in [0, 0.05) is 29.0 Å². The molecule has 0 aliphatic carbocycles. The second-order valence-corrected chi connectivity index (χ2v) is 8.44. The molecule has 0 spiro atoms. The minimum Gasteiger partial charge on any atom is -0.507 e. The van der Waals surface area contributed by atoms with Gasteiger partial charge < -0.3 is 14.7 Å². The molecule has 162 valence electrons. The number of halogens is 1. The van der Waals surface area contributed by atoms with Crippen LogP contribution in [0.4, 0.5) is 0 Å². The van der Waals surface area contributed by atoms with Crippen molar-refractivity contribution in [1.82, 2.24) is 9.88 Å². The lowest BCUT2D eigenvalue weighted by Crippen LogP contribution is -2.29. The van der Waals surface area contributed by atoms with E-state index in [1.54, 1.807) is 43.8 Å². The Bertz CT molecular complexity index is 1220. The van der Waals surface area contributed by atoms with Crippen LogP contribution in [-0.2, 0) is 16.1 Å². The number of aryl methyl sites for hydroxylation is 1. The van der Waals surface area contributed by atoms with E-state index in [-0.39, 0.29) is 17.9 Å². The van der Waals surface area contributed by atoms with Crippen LogP contribution in [0.3, 0.4) is 0 Å². The first-order chi connectivity index (χ1) is 15.4. The van der Waals surface area contributed by atoms with Crippen molar-refractivity contribution in [3.05, 3.63) is 99.3 Å². The molecule has 7 heteroatoms. The van der Waals surface area contributed by atoms with Gasteiger partial charge in [-0.2, -0.15) is 0 Å². The highest BCUT2D eigenvalue weighted by atomic mass is 79.9. The minimum atomic E-state index is -0.741. The smallest absolute Gasteiger partial charge is 0.295 e. The normalized spacial score (nSPS) is 17.6. The molecule has 1 saturated heterocycles. The number of Topliss-reactive ketones (excluding diaryl/α,β-unsaturated/α-hetero) is 1. The number of aliphatic hydroxyl groups excluding tert-OH is 1. The van der Waals surface area contributed by atoms with Crippen LogP contribution in [0.25, 0.3) is 5.76 Å². The van der Waals surface area contributed by atoms with Gasteiger partial charge in [0.1, 0.15) is 11.5 Å². The topological polar surface area (TPSA) is 79.7 Å². The van der Waals surface area contributed by atoms with Crippen LogP contribution in [0.15, 0.2) is 77.0 Å². The number of likely N-dealkylation sites (tertiary alicyclic amines) is 1. The summed E-state index contributed by atoms with van der Waals surface area (Å²) in [6.45, 7) is 2.04. The van der Waals surface area contributed by atoms with Crippen molar-refractivity contribution in [1.29, 1.82) is 0 Å². The first kappa shape index (κ1) is 21.8. The highest BCUT2D eigenvalue weighted by molar-refractivity contribution is 9.10. The van der Waals surface area contributed by atoms with E-state index in [1.165, 1.54) is 4.90 Å². The summed E-state index contributed by atoms with van der Waals surface area (Å²) < 4.78 is 6.10. The number of hydrogen-bond acceptors (Lipinski definition) is 5. The third-order valence-corrected chi connectivity index (χ3v) is 5.94. The van der Waals surface area contributed by atoms with Gasteiger partial charge in [0.25, 0.3) is 11.7 Å². The molecule has 0 radical (unpaired) electrons. The molecule has 1 amide bonds. The van der Waals surface area contributed by atoms with Crippen molar-refractivity contribution in [3.8, 4) is 5.75 Å². The van der Waals surface area contributed by atoms with Crippen LogP contribution >= 0.6 is 15.9 Å². The fourth-order valence-corrected chi connectivity index (χ4v) is 4.35. The molecule has 2 aromatic carbocycles. The number of carbonyl (C=O) groups is 2. The number of ketones is 1. The Morgan fingerprint density at radius 2 is 1.97 bits per heavy atom. The molecule has 1 atom stereocenters. The number of hydrogen-bond donors (Lipinski definition) is 1. The van der Waals surface area contributed by atoms with Gasteiger partial charge in [-0.25, -0.2) is 0 Å². The van der Waals surface area contributed by atoms with Gasteiger partial charge in [-0.1, -0.05) is 34.1 Å². The number of ether oxygens (including phenoxy) is 1. The number of nitrogens with zero attached hydrogens (tertiary/aromatic N) is 2. The van der Waals surface area contributed by atoms with Crippen LogP contribution in [0.5, 0.6) is 5.75 Å². The van der Waals surface area contributed by atoms with Crippen molar-refractivity contribution in [2.24, 2.45) is 0 Å².